The van der Waals surface area contributed by atoms with E-state index in [-0.39, 0.29) is 28.6 Å². The Hall–Kier alpha value is -4.51. The first kappa shape index (κ1) is 22.7. The standard InChI is InChI=1S/C15H14O.C14H10N2O2/c1-11-7-6-10-14(12(11)2)15(16)13-8-4-3-5-9-13;15-10-6-5-9-11(12(10)16)14(18)8-4-2-1-3-7(8)13(9)17/h3-10H,1-2H3;1-6H,15-16H2. The van der Waals surface area contributed by atoms with Crippen molar-refractivity contribution in [2.24, 2.45) is 0 Å². The van der Waals surface area contributed by atoms with E-state index in [2.05, 4.69) is 0 Å². The lowest BCUT2D eigenvalue weighted by atomic mass is 9.83. The summed E-state index contributed by atoms with van der Waals surface area (Å²) < 4.78 is 0. The molecule has 34 heavy (non-hydrogen) atoms. The third kappa shape index (κ3) is 3.99. The molecule has 0 saturated heterocycles. The summed E-state index contributed by atoms with van der Waals surface area (Å²) >= 11 is 0. The van der Waals surface area contributed by atoms with Crippen LogP contribution in [0.4, 0.5) is 11.4 Å². The van der Waals surface area contributed by atoms with Gasteiger partial charge < -0.3 is 11.5 Å². The van der Waals surface area contributed by atoms with E-state index in [1.165, 1.54) is 0 Å². The largest absolute Gasteiger partial charge is 0.397 e. The topological polar surface area (TPSA) is 103 Å². The molecule has 0 spiro atoms. The fourth-order valence-corrected chi connectivity index (χ4v) is 3.97. The third-order valence-electron chi connectivity index (χ3n) is 6.05. The van der Waals surface area contributed by atoms with E-state index in [1.54, 1.807) is 36.4 Å². The van der Waals surface area contributed by atoms with Crippen LogP contribution in [0, 0.1) is 13.8 Å². The molecule has 0 bridgehead atoms. The zero-order chi connectivity index (χ0) is 24.4. The van der Waals surface area contributed by atoms with Crippen molar-refractivity contribution < 1.29 is 14.4 Å². The molecule has 5 heteroatoms. The molecular weight excluding hydrogens is 424 g/mol. The van der Waals surface area contributed by atoms with Crippen molar-refractivity contribution in [3.05, 3.63) is 129 Å². The predicted molar refractivity (Wildman–Crippen MR) is 134 cm³/mol. The van der Waals surface area contributed by atoms with Gasteiger partial charge in [-0.05, 0) is 37.1 Å². The van der Waals surface area contributed by atoms with Gasteiger partial charge in [-0.1, -0.05) is 72.8 Å². The van der Waals surface area contributed by atoms with E-state index in [1.807, 2.05) is 62.4 Å². The van der Waals surface area contributed by atoms with Gasteiger partial charge in [0.05, 0.1) is 16.9 Å². The maximum Gasteiger partial charge on any atom is 0.196 e. The van der Waals surface area contributed by atoms with Crippen molar-refractivity contribution in [2.75, 3.05) is 11.5 Å². The van der Waals surface area contributed by atoms with Crippen molar-refractivity contribution in [1.29, 1.82) is 0 Å². The molecule has 0 unspecified atom stereocenters. The van der Waals surface area contributed by atoms with Gasteiger partial charge in [0.25, 0.3) is 0 Å². The molecule has 0 amide bonds. The fraction of sp³-hybridized carbons (Fsp3) is 0.0690. The van der Waals surface area contributed by atoms with Gasteiger partial charge in [0.15, 0.2) is 17.3 Å². The molecule has 0 radical (unpaired) electrons. The SMILES string of the molecule is Cc1cccc(C(=O)c2ccccc2)c1C.Nc1ccc2c(c1N)C(=O)c1ccccc1C2=O. The number of benzene rings is 4. The minimum atomic E-state index is -0.245. The molecule has 4 aromatic rings. The first-order valence-corrected chi connectivity index (χ1v) is 10.8. The number of nitrogen functional groups attached to an aromatic ring is 2. The molecule has 0 atom stereocenters. The van der Waals surface area contributed by atoms with E-state index in [0.717, 1.165) is 22.3 Å². The highest BCUT2D eigenvalue weighted by atomic mass is 16.1. The number of nitrogens with two attached hydrogens (primary N) is 2. The molecule has 1 aliphatic rings. The summed E-state index contributed by atoms with van der Waals surface area (Å²) in [5.74, 6) is -0.335. The molecule has 5 nitrogen and oxygen atoms in total. The molecule has 0 aliphatic heterocycles. The van der Waals surface area contributed by atoms with Gasteiger partial charge in [0.2, 0.25) is 0 Å². The van der Waals surface area contributed by atoms with Crippen molar-refractivity contribution in [2.45, 2.75) is 13.8 Å². The predicted octanol–water partition coefficient (Wildman–Crippen LogP) is 5.16. The van der Waals surface area contributed by atoms with Gasteiger partial charge >= 0.3 is 0 Å². The smallest absolute Gasteiger partial charge is 0.196 e. The van der Waals surface area contributed by atoms with E-state index >= 15 is 0 Å². The van der Waals surface area contributed by atoms with Crippen LogP contribution in [0.3, 0.4) is 0 Å². The second-order valence-corrected chi connectivity index (χ2v) is 8.14. The highest BCUT2D eigenvalue weighted by molar-refractivity contribution is 6.30. The summed E-state index contributed by atoms with van der Waals surface area (Å²) in [5, 5.41) is 0. The number of hydrogen-bond donors (Lipinski definition) is 2. The molecular formula is C29H24N2O3. The van der Waals surface area contributed by atoms with Crippen LogP contribution in [-0.4, -0.2) is 17.3 Å². The summed E-state index contributed by atoms with van der Waals surface area (Å²) in [4.78, 5) is 36.8. The lowest BCUT2D eigenvalue weighted by Gasteiger charge is -2.19. The number of ketones is 3. The molecule has 5 rings (SSSR count). The summed E-state index contributed by atoms with van der Waals surface area (Å²) in [7, 11) is 0. The van der Waals surface area contributed by atoms with Crippen LogP contribution in [0.15, 0.2) is 84.9 Å². The van der Waals surface area contributed by atoms with Crippen LogP contribution in [0.1, 0.15) is 58.9 Å². The van der Waals surface area contributed by atoms with Crippen LogP contribution in [0.5, 0.6) is 0 Å². The van der Waals surface area contributed by atoms with E-state index in [9.17, 15) is 14.4 Å². The molecule has 0 saturated carbocycles. The highest BCUT2D eigenvalue weighted by Gasteiger charge is 2.31. The normalized spacial score (nSPS) is 11.7. The lowest BCUT2D eigenvalue weighted by Crippen LogP contribution is -2.22. The van der Waals surface area contributed by atoms with Gasteiger partial charge in [-0.3, -0.25) is 14.4 Å². The lowest BCUT2D eigenvalue weighted by molar-refractivity contribution is 0.0980. The Balaban J connectivity index is 0.000000162. The van der Waals surface area contributed by atoms with Crippen LogP contribution in [-0.2, 0) is 0 Å². The molecule has 0 fully saturated rings. The number of anilines is 2. The monoisotopic (exact) mass is 448 g/mol. The summed E-state index contributed by atoms with van der Waals surface area (Å²) in [6.07, 6.45) is 0. The number of aryl methyl sites for hydroxylation is 1. The van der Waals surface area contributed by atoms with Gasteiger partial charge in [0, 0.05) is 27.8 Å². The zero-order valence-corrected chi connectivity index (χ0v) is 19.0. The van der Waals surface area contributed by atoms with E-state index < -0.39 is 0 Å². The number of hydrogen-bond acceptors (Lipinski definition) is 5. The van der Waals surface area contributed by atoms with Crippen LogP contribution in [0.2, 0.25) is 0 Å². The molecule has 0 heterocycles. The molecule has 168 valence electrons. The van der Waals surface area contributed by atoms with Gasteiger partial charge in [0.1, 0.15) is 0 Å². The second kappa shape index (κ2) is 9.16. The molecule has 4 aromatic carbocycles. The van der Waals surface area contributed by atoms with Crippen LogP contribution >= 0.6 is 0 Å². The number of carbonyl (C=O) groups is 3. The minimum Gasteiger partial charge on any atom is -0.397 e. The quantitative estimate of drug-likeness (QED) is 0.287. The molecule has 0 aromatic heterocycles. The fourth-order valence-electron chi connectivity index (χ4n) is 3.97. The second-order valence-electron chi connectivity index (χ2n) is 8.14. The Morgan fingerprint density at radius 3 is 1.94 bits per heavy atom. The highest BCUT2D eigenvalue weighted by Crippen LogP contribution is 2.33. The molecule has 1 aliphatic carbocycles. The number of rotatable bonds is 2. The molecule has 4 N–H and O–H groups in total. The number of carbonyl (C=O) groups excluding carboxylic acids is 3. The first-order chi connectivity index (χ1) is 16.3. The Morgan fingerprint density at radius 1 is 0.647 bits per heavy atom. The zero-order valence-electron chi connectivity index (χ0n) is 19.0. The van der Waals surface area contributed by atoms with Crippen molar-refractivity contribution >= 4 is 28.7 Å². The van der Waals surface area contributed by atoms with Crippen molar-refractivity contribution in [1.82, 2.24) is 0 Å². The maximum absolute atomic E-state index is 12.3. The van der Waals surface area contributed by atoms with Gasteiger partial charge in [-0.25, -0.2) is 0 Å². The summed E-state index contributed by atoms with van der Waals surface area (Å²) in [5.41, 5.74) is 17.1. The van der Waals surface area contributed by atoms with E-state index in [4.69, 9.17) is 11.5 Å². The summed E-state index contributed by atoms with van der Waals surface area (Å²) in [6, 6.07) is 25.1. The van der Waals surface area contributed by atoms with Gasteiger partial charge in [-0.15, -0.1) is 0 Å². The average Bonchev–Trinajstić information content (AvgIpc) is 2.86. The average molecular weight is 449 g/mol. The van der Waals surface area contributed by atoms with E-state index in [0.29, 0.717) is 22.4 Å². The van der Waals surface area contributed by atoms with Crippen LogP contribution in [0.25, 0.3) is 0 Å². The van der Waals surface area contributed by atoms with Crippen LogP contribution < -0.4 is 11.5 Å². The Bertz CT molecular complexity index is 1440. The van der Waals surface area contributed by atoms with Gasteiger partial charge in [-0.2, -0.15) is 0 Å². The minimum absolute atomic E-state index is 0.0989. The first-order valence-electron chi connectivity index (χ1n) is 10.8. The van der Waals surface area contributed by atoms with Crippen molar-refractivity contribution in [3.63, 3.8) is 0 Å². The summed E-state index contributed by atoms with van der Waals surface area (Å²) in [6.45, 7) is 4.02. The number of fused-ring (bicyclic) bond motifs is 2. The Kier molecular flexibility index (Phi) is 6.11. The maximum atomic E-state index is 12.3. The third-order valence-corrected chi connectivity index (χ3v) is 6.05. The Labute approximate surface area is 198 Å². The Morgan fingerprint density at radius 2 is 1.26 bits per heavy atom. The van der Waals surface area contributed by atoms with Crippen molar-refractivity contribution in [3.8, 4) is 0 Å².